The monoisotopic (exact) mass is 449 g/mol. The van der Waals surface area contributed by atoms with Gasteiger partial charge in [0.05, 0.1) is 17.0 Å². The third-order valence-electron chi connectivity index (χ3n) is 5.49. The number of carboxylic acid groups (broad SMARTS) is 1. The molecule has 30 heavy (non-hydrogen) atoms. The number of aliphatic carboxylic acids is 1. The van der Waals surface area contributed by atoms with E-state index in [1.54, 1.807) is 18.2 Å². The summed E-state index contributed by atoms with van der Waals surface area (Å²) in [6.07, 6.45) is 5.28. The fourth-order valence-electron chi connectivity index (χ4n) is 4.12. The number of carboxylic acids is 1. The van der Waals surface area contributed by atoms with Crippen molar-refractivity contribution in [3.8, 4) is 0 Å². The number of hydrogen-bond donors (Lipinski definition) is 3. The van der Waals surface area contributed by atoms with Crippen molar-refractivity contribution in [2.45, 2.75) is 23.3 Å². The molecule has 1 atom stereocenters. The average molecular weight is 450 g/mol. The Balaban J connectivity index is 1.70. The summed E-state index contributed by atoms with van der Waals surface area (Å²) in [6, 6.07) is 5.80. The third kappa shape index (κ3) is 3.42. The Morgan fingerprint density at radius 1 is 1.27 bits per heavy atom. The number of carbonyl (C=O) groups is 2. The van der Waals surface area contributed by atoms with E-state index in [2.05, 4.69) is 10.0 Å². The summed E-state index contributed by atoms with van der Waals surface area (Å²) in [5.74, 6) is -0.986. The molecule has 0 amide bonds. The van der Waals surface area contributed by atoms with E-state index in [1.165, 1.54) is 24.3 Å². The van der Waals surface area contributed by atoms with Gasteiger partial charge in [-0.05, 0) is 36.4 Å². The normalized spacial score (nSPS) is 23.2. The van der Waals surface area contributed by atoms with E-state index in [9.17, 15) is 18.0 Å². The van der Waals surface area contributed by atoms with Crippen molar-refractivity contribution in [1.29, 1.82) is 0 Å². The van der Waals surface area contributed by atoms with Crippen LogP contribution in [-0.2, 0) is 19.6 Å². The van der Waals surface area contributed by atoms with Gasteiger partial charge in [0.2, 0.25) is 0 Å². The number of nitrogens with zero attached hydrogens (tertiary/aromatic N) is 1. The van der Waals surface area contributed by atoms with Crippen LogP contribution in [0.4, 0.5) is 0 Å². The molecule has 10 heteroatoms. The second-order valence-corrected chi connectivity index (χ2v) is 9.36. The molecular weight excluding hydrogens is 430 g/mol. The molecule has 158 valence electrons. The minimum atomic E-state index is -3.89. The molecule has 4 rings (SSSR count). The van der Waals surface area contributed by atoms with Crippen LogP contribution in [0.2, 0.25) is 5.02 Å². The van der Waals surface area contributed by atoms with E-state index in [-0.39, 0.29) is 30.1 Å². The van der Waals surface area contributed by atoms with Crippen molar-refractivity contribution < 1.29 is 23.1 Å². The first-order valence-electron chi connectivity index (χ1n) is 9.41. The number of allylic oxidation sites excluding steroid dienone is 2. The summed E-state index contributed by atoms with van der Waals surface area (Å²) in [4.78, 5) is 26.0. The molecular formula is C20H20ClN3O5S. The Morgan fingerprint density at radius 2 is 2.00 bits per heavy atom. The highest BCUT2D eigenvalue weighted by molar-refractivity contribution is 7.89. The predicted octanol–water partition coefficient (Wildman–Crippen LogP) is 1.42. The van der Waals surface area contributed by atoms with Gasteiger partial charge in [0, 0.05) is 42.3 Å². The number of likely N-dealkylation sites (tertiary alicyclic amines) is 1. The summed E-state index contributed by atoms with van der Waals surface area (Å²) in [5, 5.41) is 12.7. The van der Waals surface area contributed by atoms with Gasteiger partial charge in [-0.15, -0.1) is 0 Å². The van der Waals surface area contributed by atoms with Gasteiger partial charge in [0.1, 0.15) is 5.54 Å². The average Bonchev–Trinajstić information content (AvgIpc) is 3.14. The van der Waals surface area contributed by atoms with E-state index >= 15 is 0 Å². The Hall–Kier alpha value is -2.62. The Morgan fingerprint density at radius 3 is 2.70 bits per heavy atom. The quantitative estimate of drug-likeness (QED) is 0.601. The van der Waals surface area contributed by atoms with Crippen molar-refractivity contribution in [3.63, 3.8) is 0 Å². The van der Waals surface area contributed by atoms with Crippen molar-refractivity contribution in [1.82, 2.24) is 14.9 Å². The molecule has 1 aromatic carbocycles. The molecule has 0 aromatic heterocycles. The smallest absolute Gasteiger partial charge is 0.305 e. The van der Waals surface area contributed by atoms with E-state index in [4.69, 9.17) is 16.7 Å². The predicted molar refractivity (Wildman–Crippen MR) is 110 cm³/mol. The standard InChI is InChI=1S/C20H20ClN3O5S/c21-13-1-3-14(4-2-13)30(28,29)23-16-5-6-17-20(15(16)7-10-22-20)18(25)8-11-24(17)12-9-19(26)27/h1-7,22-23H,8-12H2,(H,26,27). The molecule has 0 radical (unpaired) electrons. The van der Waals surface area contributed by atoms with Crippen LogP contribution in [0.1, 0.15) is 12.8 Å². The van der Waals surface area contributed by atoms with Crippen molar-refractivity contribution in [2.24, 2.45) is 0 Å². The third-order valence-corrected chi connectivity index (χ3v) is 7.12. The lowest BCUT2D eigenvalue weighted by Gasteiger charge is -2.46. The molecule has 8 nitrogen and oxygen atoms in total. The minimum Gasteiger partial charge on any atom is -0.481 e. The van der Waals surface area contributed by atoms with Gasteiger partial charge in [-0.3, -0.25) is 19.6 Å². The molecule has 3 aliphatic rings. The zero-order valence-corrected chi connectivity index (χ0v) is 17.5. The van der Waals surface area contributed by atoms with Gasteiger partial charge in [-0.25, -0.2) is 8.42 Å². The van der Waals surface area contributed by atoms with Crippen LogP contribution in [0.25, 0.3) is 0 Å². The number of benzene rings is 1. The van der Waals surface area contributed by atoms with Crippen LogP contribution in [-0.4, -0.2) is 55.3 Å². The lowest BCUT2D eigenvalue weighted by molar-refractivity contribution is -0.137. The Bertz CT molecular complexity index is 1110. The maximum absolute atomic E-state index is 13.0. The first kappa shape index (κ1) is 20.6. The van der Waals surface area contributed by atoms with Crippen molar-refractivity contribution >= 4 is 33.4 Å². The van der Waals surface area contributed by atoms with Crippen molar-refractivity contribution in [2.75, 3.05) is 19.6 Å². The molecule has 1 fully saturated rings. The van der Waals surface area contributed by atoms with Gasteiger partial charge < -0.3 is 10.0 Å². The summed E-state index contributed by atoms with van der Waals surface area (Å²) in [6.45, 7) is 1.09. The summed E-state index contributed by atoms with van der Waals surface area (Å²) >= 11 is 5.85. The summed E-state index contributed by atoms with van der Waals surface area (Å²) in [7, 11) is -3.89. The number of carbonyl (C=O) groups excluding carboxylic acids is 1. The lowest BCUT2D eigenvalue weighted by Crippen LogP contribution is -2.61. The van der Waals surface area contributed by atoms with Crippen LogP contribution < -0.4 is 10.0 Å². The molecule has 1 saturated heterocycles. The zero-order chi connectivity index (χ0) is 21.5. The molecule has 1 spiro atoms. The summed E-state index contributed by atoms with van der Waals surface area (Å²) in [5.41, 5.74) is 0.344. The second-order valence-electron chi connectivity index (χ2n) is 7.24. The first-order chi connectivity index (χ1) is 14.2. The molecule has 1 aliphatic carbocycles. The molecule has 0 saturated carbocycles. The fraction of sp³-hybridized carbons (Fsp3) is 0.300. The summed E-state index contributed by atoms with van der Waals surface area (Å²) < 4.78 is 28.3. The number of rotatable bonds is 6. The fourth-order valence-corrected chi connectivity index (χ4v) is 5.33. The van der Waals surface area contributed by atoms with Gasteiger partial charge in [-0.2, -0.15) is 0 Å². The highest BCUT2D eigenvalue weighted by Gasteiger charge is 2.53. The second kappa shape index (κ2) is 7.57. The largest absolute Gasteiger partial charge is 0.481 e. The molecule has 2 aliphatic heterocycles. The first-order valence-corrected chi connectivity index (χ1v) is 11.3. The van der Waals surface area contributed by atoms with E-state index < -0.39 is 21.5 Å². The molecule has 3 N–H and O–H groups in total. The zero-order valence-electron chi connectivity index (χ0n) is 15.9. The molecule has 2 heterocycles. The minimum absolute atomic E-state index is 0.0551. The number of halogens is 1. The number of ketones is 1. The topological polar surface area (TPSA) is 116 Å². The number of nitrogens with one attached hydrogen (secondary N) is 2. The van der Waals surface area contributed by atoms with Crippen molar-refractivity contribution in [3.05, 3.63) is 64.5 Å². The number of hydrogen-bond acceptors (Lipinski definition) is 6. The van der Waals surface area contributed by atoms with E-state index in [0.29, 0.717) is 35.1 Å². The SMILES string of the molecule is O=C(O)CCN1CCC(=O)C23NCC=C2C(NS(=O)(=O)c2ccc(Cl)cc2)=CC=C13. The van der Waals surface area contributed by atoms with Crippen LogP contribution in [0.3, 0.4) is 0 Å². The van der Waals surface area contributed by atoms with Gasteiger partial charge in [0.25, 0.3) is 10.0 Å². The van der Waals surface area contributed by atoms with Crippen LogP contribution in [0.15, 0.2) is 64.4 Å². The highest BCUT2D eigenvalue weighted by Crippen LogP contribution is 2.42. The van der Waals surface area contributed by atoms with Crippen LogP contribution in [0.5, 0.6) is 0 Å². The number of sulfonamides is 1. The van der Waals surface area contributed by atoms with E-state index in [1.807, 2.05) is 4.90 Å². The van der Waals surface area contributed by atoms with Crippen LogP contribution in [0, 0.1) is 0 Å². The Labute approximate surface area is 178 Å². The highest BCUT2D eigenvalue weighted by atomic mass is 35.5. The van der Waals surface area contributed by atoms with Crippen LogP contribution >= 0.6 is 11.6 Å². The maximum Gasteiger partial charge on any atom is 0.305 e. The lowest BCUT2D eigenvalue weighted by atomic mass is 9.75. The molecule has 1 aromatic rings. The number of piperidine rings is 1. The molecule has 0 bridgehead atoms. The van der Waals surface area contributed by atoms with E-state index in [0.717, 1.165) is 0 Å². The van der Waals surface area contributed by atoms with Gasteiger partial charge >= 0.3 is 5.97 Å². The van der Waals surface area contributed by atoms with Gasteiger partial charge in [0.15, 0.2) is 5.78 Å². The van der Waals surface area contributed by atoms with Gasteiger partial charge in [-0.1, -0.05) is 17.7 Å². The maximum atomic E-state index is 13.0. The molecule has 1 unspecified atom stereocenters. The number of Topliss-reactive ketones (excluding diaryl/α,β-unsaturated/α-hetero) is 1. The Kier molecular flexibility index (Phi) is 5.21.